The van der Waals surface area contributed by atoms with Crippen molar-refractivity contribution >= 4 is 23.0 Å². The fraction of sp³-hybridized carbons (Fsp3) is 0.696. The molecule has 0 amide bonds. The van der Waals surface area contributed by atoms with Crippen molar-refractivity contribution in [2.75, 3.05) is 12.4 Å². The summed E-state index contributed by atoms with van der Waals surface area (Å²) in [5.41, 5.74) is 2.94. The molecule has 2 nitrogen and oxygen atoms in total. The Hall–Kier alpha value is -1.09. The third-order valence-corrected chi connectivity index (χ3v) is 6.50. The third kappa shape index (κ3) is 5.70. The van der Waals surface area contributed by atoms with Gasteiger partial charge in [-0.05, 0) is 66.4 Å². The summed E-state index contributed by atoms with van der Waals surface area (Å²) in [6.45, 7) is 22.9. The van der Waals surface area contributed by atoms with Gasteiger partial charge in [0.1, 0.15) is 0 Å². The van der Waals surface area contributed by atoms with Gasteiger partial charge in [-0.15, -0.1) is 0 Å². The molecule has 0 unspecified atom stereocenters. The average Bonchev–Trinajstić information content (AvgIpc) is 2.43. The molecule has 0 radical (unpaired) electrons. The van der Waals surface area contributed by atoms with Gasteiger partial charge in [0.25, 0.3) is 0 Å². The number of anilines is 1. The lowest BCUT2D eigenvalue weighted by atomic mass is 9.64. The Balaban J connectivity index is 2.86. The predicted octanol–water partition coefficient (Wildman–Crippen LogP) is 6.85. The first-order valence-electron chi connectivity index (χ1n) is 9.63. The first-order valence-corrected chi connectivity index (χ1v) is 10.0. The van der Waals surface area contributed by atoms with E-state index >= 15 is 0 Å². The van der Waals surface area contributed by atoms with Crippen molar-refractivity contribution in [2.45, 2.75) is 86.6 Å². The second kappa shape index (κ2) is 7.50. The highest BCUT2D eigenvalue weighted by molar-refractivity contribution is 7.80. The molecule has 1 N–H and O–H groups in total. The van der Waals surface area contributed by atoms with Crippen LogP contribution in [0.15, 0.2) is 24.3 Å². The lowest BCUT2D eigenvalue weighted by molar-refractivity contribution is 0.0595. The molecule has 1 rings (SSSR count). The van der Waals surface area contributed by atoms with Crippen LogP contribution in [0.5, 0.6) is 0 Å². The lowest BCUT2D eigenvalue weighted by Gasteiger charge is -2.48. The Bertz CT molecular complexity index is 613. The van der Waals surface area contributed by atoms with Gasteiger partial charge in [-0.25, -0.2) is 0 Å². The summed E-state index contributed by atoms with van der Waals surface area (Å²) in [6, 6.07) is 8.59. The SMILES string of the molecule is CN(C(=S)Nc1ccc(C(C)(C)C)cc1)C(C)(C)CC(C)(C)C(C)(C)C. The zero-order valence-corrected chi connectivity index (χ0v) is 19.7. The van der Waals surface area contributed by atoms with Crippen molar-refractivity contribution in [3.8, 4) is 0 Å². The van der Waals surface area contributed by atoms with Crippen LogP contribution in [-0.2, 0) is 5.41 Å². The van der Waals surface area contributed by atoms with Gasteiger partial charge in [0, 0.05) is 18.3 Å². The molecule has 3 heteroatoms. The number of benzene rings is 1. The van der Waals surface area contributed by atoms with Gasteiger partial charge in [0.05, 0.1) is 0 Å². The van der Waals surface area contributed by atoms with Crippen molar-refractivity contribution in [3.63, 3.8) is 0 Å². The summed E-state index contributed by atoms with van der Waals surface area (Å²) in [6.07, 6.45) is 1.06. The normalized spacial score (nSPS) is 13.5. The van der Waals surface area contributed by atoms with Gasteiger partial charge < -0.3 is 10.2 Å². The number of nitrogens with one attached hydrogen (secondary N) is 1. The van der Waals surface area contributed by atoms with Crippen molar-refractivity contribution < 1.29 is 0 Å². The van der Waals surface area contributed by atoms with E-state index in [2.05, 4.69) is 111 Å². The zero-order valence-electron chi connectivity index (χ0n) is 18.9. The monoisotopic (exact) mass is 376 g/mol. The standard InChI is InChI=1S/C23H40N2S/c1-20(2,3)17-12-14-18(15-13-17)24-19(26)25(11)23(9,10)16-22(7,8)21(4,5)6/h12-15H,16H2,1-11H3,(H,24,26). The van der Waals surface area contributed by atoms with Crippen molar-refractivity contribution in [1.29, 1.82) is 0 Å². The van der Waals surface area contributed by atoms with Gasteiger partial charge in [0.15, 0.2) is 5.11 Å². The highest BCUT2D eigenvalue weighted by atomic mass is 32.1. The predicted molar refractivity (Wildman–Crippen MR) is 121 cm³/mol. The molecule has 0 fully saturated rings. The van der Waals surface area contributed by atoms with Crippen LogP contribution in [0.4, 0.5) is 5.69 Å². The minimum absolute atomic E-state index is 0.0355. The van der Waals surface area contributed by atoms with E-state index in [1.165, 1.54) is 5.56 Å². The molecule has 0 heterocycles. The Morgan fingerprint density at radius 3 is 1.73 bits per heavy atom. The summed E-state index contributed by atoms with van der Waals surface area (Å²) in [4.78, 5) is 2.20. The minimum atomic E-state index is -0.0355. The van der Waals surface area contributed by atoms with Gasteiger partial charge in [-0.2, -0.15) is 0 Å². The molecule has 1 aromatic rings. The van der Waals surface area contributed by atoms with E-state index in [1.54, 1.807) is 0 Å². The highest BCUT2D eigenvalue weighted by Crippen LogP contribution is 2.44. The molecule has 0 atom stereocenters. The van der Waals surface area contributed by atoms with Crippen molar-refractivity contribution in [1.82, 2.24) is 4.90 Å². The van der Waals surface area contributed by atoms with Crippen LogP contribution in [0.3, 0.4) is 0 Å². The second-order valence-electron chi connectivity index (χ2n) is 10.9. The van der Waals surface area contributed by atoms with Crippen LogP contribution >= 0.6 is 12.2 Å². The molecule has 0 aromatic heterocycles. The van der Waals surface area contributed by atoms with Crippen LogP contribution in [0.2, 0.25) is 0 Å². The number of thiocarbonyl (C=S) groups is 1. The molecule has 0 saturated heterocycles. The minimum Gasteiger partial charge on any atom is -0.347 e. The Morgan fingerprint density at radius 1 is 0.885 bits per heavy atom. The Kier molecular flexibility index (Phi) is 6.62. The number of nitrogens with zero attached hydrogens (tertiary/aromatic N) is 1. The largest absolute Gasteiger partial charge is 0.347 e. The summed E-state index contributed by atoms with van der Waals surface area (Å²) >= 11 is 5.71. The van der Waals surface area contributed by atoms with Crippen LogP contribution in [-0.4, -0.2) is 22.6 Å². The van der Waals surface area contributed by atoms with Crippen LogP contribution in [0.25, 0.3) is 0 Å². The molecule has 0 saturated carbocycles. The number of hydrogen-bond donors (Lipinski definition) is 1. The Labute approximate surface area is 167 Å². The fourth-order valence-corrected chi connectivity index (χ4v) is 3.37. The lowest BCUT2D eigenvalue weighted by Crippen LogP contribution is -2.50. The van der Waals surface area contributed by atoms with Gasteiger partial charge in [-0.1, -0.05) is 67.5 Å². The van der Waals surface area contributed by atoms with E-state index in [-0.39, 0.29) is 21.8 Å². The molecule has 26 heavy (non-hydrogen) atoms. The smallest absolute Gasteiger partial charge is 0.173 e. The summed E-state index contributed by atoms with van der Waals surface area (Å²) in [7, 11) is 2.09. The first-order chi connectivity index (χ1) is 11.5. The van der Waals surface area contributed by atoms with E-state index in [0.29, 0.717) is 0 Å². The summed E-state index contributed by atoms with van der Waals surface area (Å²) in [5, 5.41) is 4.18. The average molecular weight is 377 g/mol. The molecular weight excluding hydrogens is 336 g/mol. The van der Waals surface area contributed by atoms with Crippen molar-refractivity contribution in [3.05, 3.63) is 29.8 Å². The Morgan fingerprint density at radius 2 is 1.35 bits per heavy atom. The molecular formula is C23H40N2S. The fourth-order valence-electron chi connectivity index (χ4n) is 3.00. The van der Waals surface area contributed by atoms with E-state index in [1.807, 2.05) is 0 Å². The maximum atomic E-state index is 5.71. The van der Waals surface area contributed by atoms with Crippen molar-refractivity contribution in [2.24, 2.45) is 10.8 Å². The topological polar surface area (TPSA) is 15.3 Å². The maximum absolute atomic E-state index is 5.71. The summed E-state index contributed by atoms with van der Waals surface area (Å²) in [5.74, 6) is 0. The quantitative estimate of drug-likeness (QED) is 0.578. The second-order valence-corrected chi connectivity index (χ2v) is 11.3. The van der Waals surface area contributed by atoms with Gasteiger partial charge >= 0.3 is 0 Å². The molecule has 0 aliphatic carbocycles. The maximum Gasteiger partial charge on any atom is 0.173 e. The first kappa shape index (κ1) is 23.0. The van der Waals surface area contributed by atoms with Gasteiger partial charge in [0.2, 0.25) is 0 Å². The third-order valence-electron chi connectivity index (χ3n) is 6.12. The number of rotatable bonds is 4. The molecule has 0 bridgehead atoms. The summed E-state index contributed by atoms with van der Waals surface area (Å²) < 4.78 is 0. The van der Waals surface area contributed by atoms with Crippen LogP contribution in [0.1, 0.15) is 81.2 Å². The molecule has 1 aromatic carbocycles. The zero-order chi connectivity index (χ0) is 20.6. The van der Waals surface area contributed by atoms with Crippen LogP contribution < -0.4 is 5.32 Å². The highest BCUT2D eigenvalue weighted by Gasteiger charge is 2.39. The van der Waals surface area contributed by atoms with E-state index in [0.717, 1.165) is 17.2 Å². The van der Waals surface area contributed by atoms with E-state index < -0.39 is 0 Å². The number of hydrogen-bond acceptors (Lipinski definition) is 1. The van der Waals surface area contributed by atoms with Gasteiger partial charge in [-0.3, -0.25) is 0 Å². The van der Waals surface area contributed by atoms with E-state index in [4.69, 9.17) is 12.2 Å². The molecule has 0 aliphatic rings. The molecule has 0 aliphatic heterocycles. The van der Waals surface area contributed by atoms with E-state index in [9.17, 15) is 0 Å². The molecule has 0 spiro atoms. The molecule has 148 valence electrons. The van der Waals surface area contributed by atoms with Crippen LogP contribution in [0, 0.1) is 10.8 Å².